The fourth-order valence-electron chi connectivity index (χ4n) is 9.50. The van der Waals surface area contributed by atoms with Gasteiger partial charge in [0, 0.05) is 25.9 Å². The Bertz CT molecular complexity index is 2170. The highest BCUT2D eigenvalue weighted by molar-refractivity contribution is 5.99. The van der Waals surface area contributed by atoms with Gasteiger partial charge >= 0.3 is 0 Å². The van der Waals surface area contributed by atoms with Gasteiger partial charge in [-0.15, -0.1) is 0 Å². The summed E-state index contributed by atoms with van der Waals surface area (Å²) in [5.74, 6) is -8.96. The van der Waals surface area contributed by atoms with Gasteiger partial charge in [-0.25, -0.2) is 0 Å². The van der Waals surface area contributed by atoms with Crippen molar-refractivity contribution in [2.75, 3.05) is 39.3 Å². The molecular formula is C52H89N15O12. The fraction of sp³-hybridized carbons (Fsp3) is 0.692. The molecule has 444 valence electrons. The molecular weight excluding hydrogens is 1030 g/mol. The van der Waals surface area contributed by atoms with Crippen LogP contribution < -0.4 is 81.8 Å². The Morgan fingerprint density at radius 2 is 1.10 bits per heavy atom. The molecule has 1 aromatic rings. The van der Waals surface area contributed by atoms with E-state index < -0.39 is 145 Å². The van der Waals surface area contributed by atoms with Gasteiger partial charge in [-0.1, -0.05) is 76.3 Å². The van der Waals surface area contributed by atoms with Gasteiger partial charge in [0.1, 0.15) is 54.4 Å². The summed E-state index contributed by atoms with van der Waals surface area (Å²) >= 11 is 0. The number of hydrogen-bond donors (Lipinski definition) is 17. The van der Waals surface area contributed by atoms with Crippen LogP contribution in [0.5, 0.6) is 0 Å². The molecule has 27 heteroatoms. The molecule has 1 saturated heterocycles. The molecule has 27 nitrogen and oxygen atoms in total. The minimum absolute atomic E-state index is 0.000693. The van der Waals surface area contributed by atoms with Crippen molar-refractivity contribution in [1.29, 1.82) is 0 Å². The number of nitrogens with one attached hydrogen (secondary N) is 10. The van der Waals surface area contributed by atoms with Gasteiger partial charge in [0.05, 0.1) is 12.2 Å². The summed E-state index contributed by atoms with van der Waals surface area (Å²) in [6.07, 6.45) is 1.00. The average molecular weight is 1120 g/mol. The van der Waals surface area contributed by atoms with E-state index in [2.05, 4.69) is 53.2 Å². The summed E-state index contributed by atoms with van der Waals surface area (Å²) in [6.45, 7) is 4.90. The summed E-state index contributed by atoms with van der Waals surface area (Å²) < 4.78 is 0. The van der Waals surface area contributed by atoms with Crippen LogP contribution in [0.2, 0.25) is 0 Å². The van der Waals surface area contributed by atoms with Gasteiger partial charge in [-0.2, -0.15) is 0 Å². The Morgan fingerprint density at radius 1 is 0.595 bits per heavy atom. The number of benzene rings is 1. The highest BCUT2D eigenvalue weighted by Crippen LogP contribution is 2.31. The standard InChI is InChI=1S/C52H89N15O12/c1-28(2)23-38-48(75)61-34(15-19-53)44(71)60-36(17-21-55)47(74)67-42(29(3)68)51(78)58-22-18-37(46(73)59-35(16-20-54)45(72)64-39(49(76)63-38)24-31-11-7-5-8-12-31)62-50(77)40(27-57)65-52(79)43(30(4)69)66-41(70)25-33(26-56)32-13-9-6-10-14-32/h5,7-8,11-12,28-30,32-40,42-43,68-69H,6,9-10,13-27,53-57H2,1-4H3,(H,58,78)(H,59,73)(H,60,71)(H,61,75)(H,62,77)(H,63,76)(H,64,72)(H,65,79)(H,66,70)(H,67,74)/t29-,30-,33-,34+,35+,36+,37+,38+,39-,40+,42+,43+/m1/s1. The van der Waals surface area contributed by atoms with Crippen LogP contribution in [-0.4, -0.2) is 175 Å². The lowest BCUT2D eigenvalue weighted by Crippen LogP contribution is -2.62. The van der Waals surface area contributed by atoms with Crippen LogP contribution in [0, 0.1) is 17.8 Å². The molecule has 0 aromatic heterocycles. The normalized spacial score (nSPS) is 24.8. The van der Waals surface area contributed by atoms with E-state index in [1.807, 2.05) is 0 Å². The number of amides is 10. The van der Waals surface area contributed by atoms with Gasteiger partial charge in [0.25, 0.3) is 0 Å². The van der Waals surface area contributed by atoms with Gasteiger partial charge < -0.3 is 92.0 Å². The topological polar surface area (TPSA) is 462 Å². The van der Waals surface area contributed by atoms with Gasteiger partial charge in [-0.05, 0) is 95.4 Å². The summed E-state index contributed by atoms with van der Waals surface area (Å²) in [6, 6.07) is -4.72. The Balaban J connectivity index is 2.06. The lowest BCUT2D eigenvalue weighted by molar-refractivity contribution is -0.136. The summed E-state index contributed by atoms with van der Waals surface area (Å²) in [5.41, 5.74) is 30.3. The SMILES string of the molecule is CC(C)C[C@@H]1NC(=O)[C@@H](Cc2ccccc2)NC(=O)[C@H](CCN)NC(=O)[C@@H](NC(=O)[C@H](CN)NC(=O)[C@@H](NC(=O)C[C@H](CN)C2CCCCC2)[C@@H](C)O)CCNC(=O)[C@H]([C@@H](C)O)NC(=O)[C@H](CCN)NC(=O)[C@H](CCN)NC1=O. The Morgan fingerprint density at radius 3 is 1.61 bits per heavy atom. The second-order valence-electron chi connectivity index (χ2n) is 20.9. The van der Waals surface area contributed by atoms with E-state index in [1.165, 1.54) is 13.8 Å². The number of nitrogens with two attached hydrogens (primary N) is 5. The first-order valence-corrected chi connectivity index (χ1v) is 27.5. The minimum Gasteiger partial charge on any atom is -0.391 e. The van der Waals surface area contributed by atoms with Crippen LogP contribution in [0.1, 0.15) is 104 Å². The third-order valence-corrected chi connectivity index (χ3v) is 14.0. The molecule has 2 fully saturated rings. The van der Waals surface area contributed by atoms with Gasteiger partial charge in [-0.3, -0.25) is 47.9 Å². The smallest absolute Gasteiger partial charge is 0.245 e. The molecule has 10 amide bonds. The average Bonchev–Trinajstić information content (AvgIpc) is 3.41. The molecule has 79 heavy (non-hydrogen) atoms. The summed E-state index contributed by atoms with van der Waals surface area (Å²) in [5, 5.41) is 46.9. The van der Waals surface area contributed by atoms with Crippen molar-refractivity contribution in [2.24, 2.45) is 46.4 Å². The largest absolute Gasteiger partial charge is 0.391 e. The maximum atomic E-state index is 14.4. The first-order chi connectivity index (χ1) is 37.6. The van der Waals surface area contributed by atoms with Crippen LogP contribution in [0.4, 0.5) is 0 Å². The Kier molecular flexibility index (Phi) is 29.3. The Hall–Kier alpha value is -6.36. The van der Waals surface area contributed by atoms with Crippen LogP contribution in [-0.2, 0) is 54.4 Å². The van der Waals surface area contributed by atoms with Gasteiger partial charge in [0.15, 0.2) is 0 Å². The predicted molar refractivity (Wildman–Crippen MR) is 292 cm³/mol. The third kappa shape index (κ3) is 22.4. The van der Waals surface area contributed by atoms with Crippen molar-refractivity contribution in [3.63, 3.8) is 0 Å². The molecule has 12 atom stereocenters. The van der Waals surface area contributed by atoms with E-state index in [0.29, 0.717) is 5.56 Å². The third-order valence-electron chi connectivity index (χ3n) is 14.0. The zero-order valence-electron chi connectivity index (χ0n) is 46.1. The van der Waals surface area contributed by atoms with E-state index in [-0.39, 0.29) is 82.5 Å². The molecule has 0 radical (unpaired) electrons. The maximum absolute atomic E-state index is 14.4. The lowest BCUT2D eigenvalue weighted by Gasteiger charge is -2.30. The second-order valence-corrected chi connectivity index (χ2v) is 20.9. The Labute approximate surface area is 462 Å². The highest BCUT2D eigenvalue weighted by Gasteiger charge is 2.37. The van der Waals surface area contributed by atoms with E-state index in [0.717, 1.165) is 32.1 Å². The second kappa shape index (κ2) is 34.6. The van der Waals surface area contributed by atoms with Crippen molar-refractivity contribution in [3.05, 3.63) is 35.9 Å². The molecule has 1 aliphatic heterocycles. The van der Waals surface area contributed by atoms with Crippen molar-refractivity contribution in [2.45, 2.75) is 171 Å². The van der Waals surface area contributed by atoms with Crippen LogP contribution >= 0.6 is 0 Å². The summed E-state index contributed by atoms with van der Waals surface area (Å²) in [7, 11) is 0. The minimum atomic E-state index is -1.66. The molecule has 1 aromatic carbocycles. The van der Waals surface area contributed by atoms with Crippen molar-refractivity contribution >= 4 is 59.1 Å². The first-order valence-electron chi connectivity index (χ1n) is 27.5. The number of carbonyl (C=O) groups is 10. The molecule has 0 spiro atoms. The zero-order valence-corrected chi connectivity index (χ0v) is 46.1. The number of aliphatic hydroxyl groups is 2. The first kappa shape index (κ1) is 66.9. The predicted octanol–water partition coefficient (Wildman–Crippen LogP) is -5.53. The highest BCUT2D eigenvalue weighted by atomic mass is 16.3. The van der Waals surface area contributed by atoms with E-state index in [9.17, 15) is 58.2 Å². The maximum Gasteiger partial charge on any atom is 0.245 e. The summed E-state index contributed by atoms with van der Waals surface area (Å²) in [4.78, 5) is 140. The number of aliphatic hydroxyl groups excluding tert-OH is 2. The fourth-order valence-corrected chi connectivity index (χ4v) is 9.50. The number of hydrogen-bond acceptors (Lipinski definition) is 17. The lowest BCUT2D eigenvalue weighted by atomic mass is 9.78. The molecule has 1 saturated carbocycles. The number of carbonyl (C=O) groups excluding carboxylic acids is 10. The molecule has 3 rings (SSSR count). The molecule has 1 heterocycles. The molecule has 0 bridgehead atoms. The van der Waals surface area contributed by atoms with E-state index >= 15 is 0 Å². The van der Waals surface area contributed by atoms with Gasteiger partial charge in [0.2, 0.25) is 59.1 Å². The molecule has 2 aliphatic rings. The molecule has 1 aliphatic carbocycles. The van der Waals surface area contributed by atoms with Crippen LogP contribution in [0.25, 0.3) is 0 Å². The zero-order chi connectivity index (χ0) is 58.8. The van der Waals surface area contributed by atoms with Crippen molar-refractivity contribution in [1.82, 2.24) is 53.2 Å². The van der Waals surface area contributed by atoms with E-state index in [1.54, 1.807) is 44.2 Å². The quantitative estimate of drug-likeness (QED) is 0.0515. The van der Waals surface area contributed by atoms with Crippen LogP contribution in [0.3, 0.4) is 0 Å². The number of rotatable bonds is 22. The van der Waals surface area contributed by atoms with Crippen molar-refractivity contribution in [3.8, 4) is 0 Å². The molecule has 0 unspecified atom stereocenters. The monoisotopic (exact) mass is 1120 g/mol. The molecule has 22 N–H and O–H groups in total. The van der Waals surface area contributed by atoms with Crippen LogP contribution in [0.15, 0.2) is 30.3 Å². The van der Waals surface area contributed by atoms with E-state index in [4.69, 9.17) is 28.7 Å². The van der Waals surface area contributed by atoms with Crippen molar-refractivity contribution < 1.29 is 58.2 Å².